The van der Waals surface area contributed by atoms with E-state index in [2.05, 4.69) is 15.8 Å². The molecule has 2 heterocycles. The first-order valence-corrected chi connectivity index (χ1v) is 8.07. The van der Waals surface area contributed by atoms with Crippen LogP contribution in [0.2, 0.25) is 0 Å². The van der Waals surface area contributed by atoms with E-state index in [-0.39, 0.29) is 18.2 Å². The van der Waals surface area contributed by atoms with Crippen molar-refractivity contribution in [3.63, 3.8) is 0 Å². The van der Waals surface area contributed by atoms with Gasteiger partial charge >= 0.3 is 0 Å². The van der Waals surface area contributed by atoms with Crippen LogP contribution in [0.5, 0.6) is 0 Å². The molecule has 6 nitrogen and oxygen atoms in total. The lowest BCUT2D eigenvalue weighted by atomic mass is 10.0. The lowest BCUT2D eigenvalue weighted by Gasteiger charge is -2.10. The Bertz CT molecular complexity index is 614. The van der Waals surface area contributed by atoms with Crippen LogP contribution in [0.1, 0.15) is 37.8 Å². The van der Waals surface area contributed by atoms with E-state index < -0.39 is 0 Å². The monoisotopic (exact) mass is 306 g/mol. The maximum Gasteiger partial charge on any atom is 0.244 e. The van der Waals surface area contributed by atoms with E-state index in [1.165, 1.54) is 24.2 Å². The van der Waals surface area contributed by atoms with Gasteiger partial charge in [-0.1, -0.05) is 12.8 Å². The van der Waals surface area contributed by atoms with Gasteiger partial charge in [-0.3, -0.25) is 24.8 Å². The Morgan fingerprint density at radius 1 is 1.29 bits per heavy atom. The van der Waals surface area contributed by atoms with Crippen molar-refractivity contribution in [1.82, 2.24) is 20.2 Å². The number of nitrogens with one attached hydrogen (secondary N) is 2. The Morgan fingerprint density at radius 2 is 2.05 bits per heavy atom. The molecule has 112 valence electrons. The van der Waals surface area contributed by atoms with Crippen LogP contribution in [0.4, 0.5) is 0 Å². The summed E-state index contributed by atoms with van der Waals surface area (Å²) in [5.41, 5.74) is 5.64. The van der Waals surface area contributed by atoms with Crippen LogP contribution in [-0.2, 0) is 16.0 Å². The van der Waals surface area contributed by atoms with Gasteiger partial charge in [-0.25, -0.2) is 4.98 Å². The van der Waals surface area contributed by atoms with Crippen molar-refractivity contribution in [2.45, 2.75) is 38.5 Å². The lowest BCUT2D eigenvalue weighted by molar-refractivity contribution is -0.129. The van der Waals surface area contributed by atoms with E-state index >= 15 is 0 Å². The molecule has 2 aromatic heterocycles. The van der Waals surface area contributed by atoms with Crippen LogP contribution in [0.15, 0.2) is 17.8 Å². The van der Waals surface area contributed by atoms with Gasteiger partial charge in [0.2, 0.25) is 11.8 Å². The van der Waals surface area contributed by atoms with Crippen molar-refractivity contribution in [3.8, 4) is 0 Å². The number of amides is 2. The van der Waals surface area contributed by atoms with Crippen LogP contribution < -0.4 is 10.9 Å². The largest absolute Gasteiger partial charge is 0.297 e. The van der Waals surface area contributed by atoms with Gasteiger partial charge in [0.15, 0.2) is 4.96 Å². The average Bonchev–Trinajstić information content (AvgIpc) is 3.13. The van der Waals surface area contributed by atoms with Gasteiger partial charge < -0.3 is 0 Å². The summed E-state index contributed by atoms with van der Waals surface area (Å²) in [5.74, 6) is 0.114. The number of fused-ring (bicyclic) bond motifs is 1. The first-order chi connectivity index (χ1) is 10.2. The van der Waals surface area contributed by atoms with Crippen molar-refractivity contribution >= 4 is 28.1 Å². The van der Waals surface area contributed by atoms with E-state index in [9.17, 15) is 9.59 Å². The molecule has 1 fully saturated rings. The summed E-state index contributed by atoms with van der Waals surface area (Å²) >= 11 is 1.52. The number of hydrogen-bond acceptors (Lipinski definition) is 4. The number of carbonyl (C=O) groups is 2. The third-order valence-electron chi connectivity index (χ3n) is 3.77. The van der Waals surface area contributed by atoms with Gasteiger partial charge in [0, 0.05) is 24.2 Å². The zero-order valence-corrected chi connectivity index (χ0v) is 12.5. The molecule has 1 aliphatic carbocycles. The first-order valence-electron chi connectivity index (χ1n) is 7.19. The zero-order chi connectivity index (χ0) is 14.7. The number of imidazole rings is 1. The highest BCUT2D eigenvalue weighted by atomic mass is 32.1. The number of thiazole rings is 1. The van der Waals surface area contributed by atoms with Crippen molar-refractivity contribution in [2.75, 3.05) is 0 Å². The van der Waals surface area contributed by atoms with E-state index in [0.717, 1.165) is 17.8 Å². The Hall–Kier alpha value is -1.89. The summed E-state index contributed by atoms with van der Waals surface area (Å²) in [6.07, 6.45) is 9.05. The molecule has 1 aliphatic rings. The maximum atomic E-state index is 11.8. The van der Waals surface area contributed by atoms with Crippen LogP contribution in [0.3, 0.4) is 0 Å². The number of carbonyl (C=O) groups excluding carboxylic acids is 2. The van der Waals surface area contributed by atoms with Crippen molar-refractivity contribution in [3.05, 3.63) is 23.5 Å². The fourth-order valence-corrected chi connectivity index (χ4v) is 3.46. The Labute approximate surface area is 126 Å². The quantitative estimate of drug-likeness (QED) is 0.844. The highest BCUT2D eigenvalue weighted by Crippen LogP contribution is 2.27. The molecule has 0 aromatic carbocycles. The molecule has 0 bridgehead atoms. The van der Waals surface area contributed by atoms with E-state index in [0.29, 0.717) is 18.0 Å². The minimum absolute atomic E-state index is 0.110. The molecule has 21 heavy (non-hydrogen) atoms. The van der Waals surface area contributed by atoms with Crippen LogP contribution in [-0.4, -0.2) is 21.2 Å². The number of hydrogen-bond donors (Lipinski definition) is 2. The van der Waals surface area contributed by atoms with E-state index in [1.807, 2.05) is 22.2 Å². The molecule has 0 aliphatic heterocycles. The Kier molecular flexibility index (Phi) is 4.19. The molecule has 0 radical (unpaired) electrons. The molecule has 2 amide bonds. The molecule has 3 rings (SSSR count). The van der Waals surface area contributed by atoms with Crippen molar-refractivity contribution in [1.29, 1.82) is 0 Å². The number of aromatic nitrogens is 2. The number of rotatable bonds is 4. The molecule has 2 aromatic rings. The second kappa shape index (κ2) is 6.26. The Morgan fingerprint density at radius 3 is 2.81 bits per heavy atom. The number of hydrazine groups is 1. The summed E-state index contributed by atoms with van der Waals surface area (Å²) in [4.78, 5) is 28.7. The third kappa shape index (κ3) is 3.60. The topological polar surface area (TPSA) is 75.5 Å². The minimum Gasteiger partial charge on any atom is -0.297 e. The van der Waals surface area contributed by atoms with Gasteiger partial charge in [0.1, 0.15) is 0 Å². The lowest BCUT2D eigenvalue weighted by Crippen LogP contribution is -2.42. The molecule has 0 atom stereocenters. The predicted octanol–water partition coefficient (Wildman–Crippen LogP) is 1.67. The molecule has 2 N–H and O–H groups in total. The summed E-state index contributed by atoms with van der Waals surface area (Å²) < 4.78 is 1.88. The zero-order valence-electron chi connectivity index (χ0n) is 11.7. The highest BCUT2D eigenvalue weighted by Gasteiger charge is 2.18. The minimum atomic E-state index is -0.250. The van der Waals surface area contributed by atoms with Crippen molar-refractivity contribution in [2.24, 2.45) is 5.92 Å². The van der Waals surface area contributed by atoms with Gasteiger partial charge in [-0.05, 0) is 18.8 Å². The molecule has 7 heteroatoms. The first kappa shape index (κ1) is 14.1. The standard InChI is InChI=1S/C14H18N4O2S/c19-12(7-10-3-1-2-4-10)16-17-13(20)8-11-9-18-5-6-21-14(18)15-11/h5-6,9-10H,1-4,7-8H2,(H,16,19)(H,17,20). The summed E-state index contributed by atoms with van der Waals surface area (Å²) in [7, 11) is 0. The van der Waals surface area contributed by atoms with Crippen LogP contribution >= 0.6 is 11.3 Å². The maximum absolute atomic E-state index is 11.8. The third-order valence-corrected chi connectivity index (χ3v) is 4.55. The van der Waals surface area contributed by atoms with Crippen LogP contribution in [0, 0.1) is 5.92 Å². The predicted molar refractivity (Wildman–Crippen MR) is 79.6 cm³/mol. The van der Waals surface area contributed by atoms with Crippen LogP contribution in [0.25, 0.3) is 4.96 Å². The van der Waals surface area contributed by atoms with Gasteiger partial charge in [-0.15, -0.1) is 11.3 Å². The Balaban J connectivity index is 1.43. The molecule has 0 unspecified atom stereocenters. The van der Waals surface area contributed by atoms with Gasteiger partial charge in [0.25, 0.3) is 0 Å². The second-order valence-electron chi connectivity index (χ2n) is 5.45. The van der Waals surface area contributed by atoms with E-state index in [4.69, 9.17) is 0 Å². The summed E-state index contributed by atoms with van der Waals surface area (Å²) in [5, 5.41) is 1.94. The normalized spacial score (nSPS) is 15.4. The molecule has 0 spiro atoms. The molecule has 1 saturated carbocycles. The summed E-state index contributed by atoms with van der Waals surface area (Å²) in [6.45, 7) is 0. The molecular formula is C14H18N4O2S. The van der Waals surface area contributed by atoms with Gasteiger partial charge in [-0.2, -0.15) is 0 Å². The van der Waals surface area contributed by atoms with Crippen molar-refractivity contribution < 1.29 is 9.59 Å². The smallest absolute Gasteiger partial charge is 0.244 e. The van der Waals surface area contributed by atoms with Gasteiger partial charge in [0.05, 0.1) is 12.1 Å². The average molecular weight is 306 g/mol. The second-order valence-corrected chi connectivity index (χ2v) is 6.33. The van der Waals surface area contributed by atoms with E-state index in [1.54, 1.807) is 0 Å². The number of nitrogens with zero attached hydrogens (tertiary/aromatic N) is 2. The fourth-order valence-electron chi connectivity index (χ4n) is 2.74. The highest BCUT2D eigenvalue weighted by molar-refractivity contribution is 7.15. The molecular weight excluding hydrogens is 288 g/mol. The SMILES string of the molecule is O=C(Cc1cn2ccsc2n1)NNC(=O)CC1CCCC1. The summed E-state index contributed by atoms with van der Waals surface area (Å²) in [6, 6.07) is 0. The molecule has 0 saturated heterocycles. The fraction of sp³-hybridized carbons (Fsp3) is 0.500.